The Labute approximate surface area is 117 Å². The smallest absolute Gasteiger partial charge is 0.394 e. The zero-order valence-electron chi connectivity index (χ0n) is 11.2. The fraction of sp³-hybridized carbons (Fsp3) is 0.273. The molecule has 9 heteroatoms. The number of carbonyl (C=O) groups excluding carboxylic acids is 1. The molecule has 8 nitrogen and oxygen atoms in total. The van der Waals surface area contributed by atoms with Gasteiger partial charge in [0, 0.05) is 19.5 Å². The summed E-state index contributed by atoms with van der Waals surface area (Å²) in [4.78, 5) is 19.7. The van der Waals surface area contributed by atoms with Gasteiger partial charge in [0.05, 0.1) is 0 Å². The molecule has 1 aromatic carbocycles. The summed E-state index contributed by atoms with van der Waals surface area (Å²) in [6, 6.07) is 7.70. The molecule has 0 heterocycles. The van der Waals surface area contributed by atoms with Crippen LogP contribution in [0.5, 0.6) is 0 Å². The van der Waals surface area contributed by atoms with Crippen LogP contribution in [-0.4, -0.2) is 34.5 Å². The lowest BCUT2D eigenvalue weighted by molar-refractivity contribution is -0.134. The molecule has 0 radical (unpaired) electrons. The third-order valence-corrected chi connectivity index (χ3v) is 1.46. The van der Waals surface area contributed by atoms with Gasteiger partial charge in [0.1, 0.15) is 0 Å². The largest absolute Gasteiger partial charge is 0.481 e. The predicted molar refractivity (Wildman–Crippen MR) is 73.0 cm³/mol. The summed E-state index contributed by atoms with van der Waals surface area (Å²) >= 11 is 0. The van der Waals surface area contributed by atoms with Crippen molar-refractivity contribution in [2.24, 2.45) is 0 Å². The van der Waals surface area contributed by atoms with E-state index in [9.17, 15) is 4.79 Å². The van der Waals surface area contributed by atoms with Crippen molar-refractivity contribution in [1.82, 2.24) is 0 Å². The minimum absolute atomic E-state index is 0.0284. The average Bonchev–Trinajstić information content (AvgIpc) is 2.17. The summed E-state index contributed by atoms with van der Waals surface area (Å²) in [7, 11) is -4.67. The normalized spacial score (nSPS) is 9.25. The molecule has 0 aromatic heterocycles. The highest BCUT2D eigenvalue weighted by molar-refractivity contribution is 7.79. The molecule has 0 atom stereocenters. The van der Waals surface area contributed by atoms with Crippen molar-refractivity contribution in [3.8, 4) is 0 Å². The van der Waals surface area contributed by atoms with E-state index in [1.165, 1.54) is 6.92 Å². The Kier molecular flexibility index (Phi) is 10.1. The number of hydrogen-bond acceptors (Lipinski definition) is 4. The first-order valence-corrected chi connectivity index (χ1v) is 6.55. The molecule has 1 aromatic rings. The molecule has 20 heavy (non-hydrogen) atoms. The van der Waals surface area contributed by atoms with Gasteiger partial charge in [0.15, 0.2) is 0 Å². The van der Waals surface area contributed by atoms with Gasteiger partial charge in [-0.05, 0) is 18.6 Å². The Hall–Kier alpha value is -1.97. The van der Waals surface area contributed by atoms with E-state index in [4.69, 9.17) is 27.4 Å². The molecular weight excluding hydrogens is 290 g/mol. The number of amides is 1. The van der Waals surface area contributed by atoms with Crippen LogP contribution in [0.2, 0.25) is 0 Å². The van der Waals surface area contributed by atoms with Gasteiger partial charge >= 0.3 is 10.4 Å². The Bertz CT molecular complexity index is 527. The van der Waals surface area contributed by atoms with Gasteiger partial charge in [-0.3, -0.25) is 18.7 Å². The molecule has 0 bridgehead atoms. The van der Waals surface area contributed by atoms with E-state index in [0.717, 1.165) is 18.2 Å². The fourth-order valence-corrected chi connectivity index (χ4v) is 0.903. The first kappa shape index (κ1) is 20.3. The van der Waals surface area contributed by atoms with E-state index < -0.39 is 16.4 Å². The second-order valence-electron chi connectivity index (χ2n) is 3.46. The molecule has 0 saturated carbocycles. The van der Waals surface area contributed by atoms with Crippen molar-refractivity contribution in [3.63, 3.8) is 0 Å². The number of benzene rings is 1. The van der Waals surface area contributed by atoms with Gasteiger partial charge in [-0.25, -0.2) is 0 Å². The number of rotatable bonds is 1. The van der Waals surface area contributed by atoms with Crippen LogP contribution in [-0.2, 0) is 20.0 Å². The highest BCUT2D eigenvalue weighted by Gasteiger charge is 1.96. The number of aryl methyl sites for hydroxylation is 1. The maximum Gasteiger partial charge on any atom is 0.394 e. The van der Waals surface area contributed by atoms with Gasteiger partial charge in [-0.2, -0.15) is 8.42 Å². The lowest BCUT2D eigenvalue weighted by Gasteiger charge is -2.03. The van der Waals surface area contributed by atoms with Gasteiger partial charge in [-0.1, -0.05) is 18.2 Å². The highest BCUT2D eigenvalue weighted by Crippen LogP contribution is 2.12. The molecule has 1 rings (SSSR count). The van der Waals surface area contributed by atoms with Crippen molar-refractivity contribution < 1.29 is 32.2 Å². The molecule has 1 amide bonds. The van der Waals surface area contributed by atoms with E-state index in [1.54, 1.807) is 0 Å². The number of anilines is 1. The molecule has 0 fully saturated rings. The van der Waals surface area contributed by atoms with Gasteiger partial charge in [-0.15, -0.1) is 0 Å². The standard InChI is InChI=1S/C9H11NO.C2H4O2.H2O4S/c1-7-5-3-4-6-9(7)10-8(2)11;1-2(3)4;1-5(2,3)4/h3-6H,1-2H3,(H,10,11);1H3,(H,3,4);(H2,1,2,3,4). The van der Waals surface area contributed by atoms with Crippen LogP contribution in [0.4, 0.5) is 5.69 Å². The van der Waals surface area contributed by atoms with Crippen LogP contribution in [0.15, 0.2) is 24.3 Å². The first-order chi connectivity index (χ1) is 8.93. The quantitative estimate of drug-likeness (QED) is 0.574. The molecule has 0 aliphatic heterocycles. The Balaban J connectivity index is 0. The van der Waals surface area contributed by atoms with Crippen molar-refractivity contribution in [3.05, 3.63) is 29.8 Å². The number of carboxylic acids is 1. The summed E-state index contributed by atoms with van der Waals surface area (Å²) in [5, 5.41) is 10.2. The Morgan fingerprint density at radius 3 is 1.75 bits per heavy atom. The van der Waals surface area contributed by atoms with Crippen LogP contribution in [0.3, 0.4) is 0 Å². The molecule has 0 saturated heterocycles. The van der Waals surface area contributed by atoms with Crippen LogP contribution in [0.1, 0.15) is 19.4 Å². The number of nitrogens with one attached hydrogen (secondary N) is 1. The second kappa shape index (κ2) is 9.89. The van der Waals surface area contributed by atoms with E-state index in [-0.39, 0.29) is 5.91 Å². The lowest BCUT2D eigenvalue weighted by Crippen LogP contribution is -2.06. The van der Waals surface area contributed by atoms with Crippen LogP contribution in [0.25, 0.3) is 0 Å². The topological polar surface area (TPSA) is 141 Å². The number of hydrogen-bond donors (Lipinski definition) is 4. The molecule has 114 valence electrons. The number of para-hydroxylation sites is 1. The molecular formula is C11H17NO7S. The Morgan fingerprint density at radius 1 is 1.10 bits per heavy atom. The Morgan fingerprint density at radius 2 is 1.45 bits per heavy atom. The fourth-order valence-electron chi connectivity index (χ4n) is 0.903. The number of carbonyl (C=O) groups is 2. The van der Waals surface area contributed by atoms with Gasteiger partial charge < -0.3 is 10.4 Å². The summed E-state index contributed by atoms with van der Waals surface area (Å²) < 4.78 is 31.6. The highest BCUT2D eigenvalue weighted by atomic mass is 32.3. The van der Waals surface area contributed by atoms with Crippen molar-refractivity contribution in [2.45, 2.75) is 20.8 Å². The summed E-state index contributed by atoms with van der Waals surface area (Å²) in [6.45, 7) is 4.55. The summed E-state index contributed by atoms with van der Waals surface area (Å²) in [6.07, 6.45) is 0. The monoisotopic (exact) mass is 307 g/mol. The van der Waals surface area contributed by atoms with Crippen molar-refractivity contribution >= 4 is 28.0 Å². The van der Waals surface area contributed by atoms with E-state index >= 15 is 0 Å². The van der Waals surface area contributed by atoms with Crippen molar-refractivity contribution in [1.29, 1.82) is 0 Å². The molecule has 0 spiro atoms. The third-order valence-electron chi connectivity index (χ3n) is 1.46. The molecule has 0 aliphatic rings. The van der Waals surface area contributed by atoms with E-state index in [1.807, 2.05) is 31.2 Å². The van der Waals surface area contributed by atoms with Gasteiger partial charge in [0.2, 0.25) is 5.91 Å². The number of carboxylic acid groups (broad SMARTS) is 1. The second-order valence-corrected chi connectivity index (χ2v) is 4.36. The molecule has 0 aliphatic carbocycles. The predicted octanol–water partition coefficient (Wildman–Crippen LogP) is 1.39. The zero-order chi connectivity index (χ0) is 16.3. The average molecular weight is 307 g/mol. The first-order valence-electron chi connectivity index (χ1n) is 5.16. The number of aliphatic carboxylic acids is 1. The van der Waals surface area contributed by atoms with Crippen molar-refractivity contribution in [2.75, 3.05) is 5.32 Å². The van der Waals surface area contributed by atoms with Crippen LogP contribution in [0, 0.1) is 6.92 Å². The molecule has 0 unspecified atom stereocenters. The van der Waals surface area contributed by atoms with Gasteiger partial charge in [0.25, 0.3) is 5.97 Å². The summed E-state index contributed by atoms with van der Waals surface area (Å²) in [5.41, 5.74) is 1.97. The van der Waals surface area contributed by atoms with Crippen LogP contribution >= 0.6 is 0 Å². The zero-order valence-corrected chi connectivity index (χ0v) is 12.0. The minimum Gasteiger partial charge on any atom is -0.481 e. The van der Waals surface area contributed by atoms with E-state index in [0.29, 0.717) is 0 Å². The maximum atomic E-state index is 10.7. The van der Waals surface area contributed by atoms with E-state index in [2.05, 4.69) is 5.32 Å². The third kappa shape index (κ3) is 21.3. The minimum atomic E-state index is -4.67. The van der Waals surface area contributed by atoms with Crippen LogP contribution < -0.4 is 5.32 Å². The SMILES string of the molecule is CC(=O)Nc1ccccc1C.CC(=O)O.O=S(=O)(O)O. The maximum absolute atomic E-state index is 10.7. The molecule has 4 N–H and O–H groups in total. The lowest BCUT2D eigenvalue weighted by atomic mass is 10.2. The summed E-state index contributed by atoms with van der Waals surface area (Å²) in [5.74, 6) is -0.862.